The molecule has 10 heteroatoms. The molecule has 0 unspecified atom stereocenters. The van der Waals surface area contributed by atoms with E-state index in [1.54, 1.807) is 5.32 Å². The molecule has 106 valence electrons. The van der Waals surface area contributed by atoms with E-state index in [1.807, 2.05) is 0 Å². The Bertz CT molecular complexity index is 600. The summed E-state index contributed by atoms with van der Waals surface area (Å²) in [5, 5.41) is 1.78. The minimum atomic E-state index is -4.69. The van der Waals surface area contributed by atoms with Gasteiger partial charge >= 0.3 is 6.18 Å². The van der Waals surface area contributed by atoms with Crippen LogP contribution in [0.3, 0.4) is 0 Å². The third-order valence-electron chi connectivity index (χ3n) is 1.84. The van der Waals surface area contributed by atoms with Crippen LogP contribution in [0.15, 0.2) is 23.1 Å². The van der Waals surface area contributed by atoms with E-state index in [4.69, 9.17) is 10.7 Å². The number of hydrogen-bond donors (Lipinski definition) is 1. The van der Waals surface area contributed by atoms with Gasteiger partial charge in [0.1, 0.15) is 17.1 Å². The number of rotatable bonds is 3. The van der Waals surface area contributed by atoms with Gasteiger partial charge in [-0.05, 0) is 18.2 Å². The van der Waals surface area contributed by atoms with Gasteiger partial charge in [0.05, 0.1) is 0 Å². The third kappa shape index (κ3) is 5.03. The predicted octanol–water partition coefficient (Wildman–Crippen LogP) is 2.64. The van der Waals surface area contributed by atoms with Gasteiger partial charge in [0, 0.05) is 16.4 Å². The molecule has 0 aliphatic carbocycles. The molecule has 1 aromatic rings. The predicted molar refractivity (Wildman–Crippen MR) is 58.7 cm³/mol. The van der Waals surface area contributed by atoms with Crippen LogP contribution < -0.4 is 5.32 Å². The van der Waals surface area contributed by atoms with Crippen LogP contribution in [0.1, 0.15) is 6.42 Å². The number of anilines is 1. The fraction of sp³-hybridized carbons (Fsp3) is 0.222. The number of nitrogens with one attached hydrogen (secondary N) is 1. The van der Waals surface area contributed by atoms with Gasteiger partial charge in [-0.2, -0.15) is 13.2 Å². The molecule has 0 aliphatic rings. The molecule has 19 heavy (non-hydrogen) atoms. The first kappa shape index (κ1) is 15.7. The normalized spacial score (nSPS) is 12.3. The maximum Gasteiger partial charge on any atom is 0.397 e. The lowest BCUT2D eigenvalue weighted by molar-refractivity contribution is -0.150. The van der Waals surface area contributed by atoms with Crippen molar-refractivity contribution < 1.29 is 30.8 Å². The van der Waals surface area contributed by atoms with Gasteiger partial charge in [-0.3, -0.25) is 4.79 Å². The zero-order valence-electron chi connectivity index (χ0n) is 8.96. The van der Waals surface area contributed by atoms with Gasteiger partial charge < -0.3 is 5.32 Å². The zero-order valence-corrected chi connectivity index (χ0v) is 10.5. The Morgan fingerprint density at radius 3 is 2.32 bits per heavy atom. The molecule has 0 atom stereocenters. The number of carbonyl (C=O) groups excluding carboxylic acids is 1. The smallest absolute Gasteiger partial charge is 0.326 e. The summed E-state index contributed by atoms with van der Waals surface area (Å²) in [6.45, 7) is 0. The van der Waals surface area contributed by atoms with Crippen molar-refractivity contribution in [2.75, 3.05) is 5.32 Å². The van der Waals surface area contributed by atoms with E-state index in [1.165, 1.54) is 0 Å². The lowest BCUT2D eigenvalue weighted by atomic mass is 10.3. The van der Waals surface area contributed by atoms with Gasteiger partial charge in [-0.15, -0.1) is 0 Å². The second kappa shape index (κ2) is 5.33. The van der Waals surface area contributed by atoms with Crippen molar-refractivity contribution in [3.05, 3.63) is 24.0 Å². The van der Waals surface area contributed by atoms with Crippen LogP contribution >= 0.6 is 10.7 Å². The molecule has 0 saturated heterocycles. The number of benzene rings is 1. The molecular formula is C9H6ClF4NO3S. The summed E-state index contributed by atoms with van der Waals surface area (Å²) in [4.78, 5) is 10.1. The summed E-state index contributed by atoms with van der Waals surface area (Å²) >= 11 is 0. The van der Waals surface area contributed by atoms with E-state index in [0.717, 1.165) is 12.1 Å². The average Bonchev–Trinajstić information content (AvgIpc) is 2.11. The largest absolute Gasteiger partial charge is 0.397 e. The minimum absolute atomic E-state index is 0.309. The number of halogens is 5. The van der Waals surface area contributed by atoms with Gasteiger partial charge in [0.25, 0.3) is 9.05 Å². The summed E-state index contributed by atoms with van der Waals surface area (Å²) in [7, 11) is 0.602. The Balaban J connectivity index is 2.89. The standard InChI is InChI=1S/C9H6ClF4NO3S/c10-19(17,18)7-2-1-5(3-6(7)11)15-8(16)4-9(12,13)14/h1-3H,4H2,(H,15,16). The topological polar surface area (TPSA) is 63.2 Å². The van der Waals surface area contributed by atoms with Crippen LogP contribution in [0.25, 0.3) is 0 Å². The highest BCUT2D eigenvalue weighted by Crippen LogP contribution is 2.24. The van der Waals surface area contributed by atoms with Crippen molar-refractivity contribution in [2.45, 2.75) is 17.5 Å². The van der Waals surface area contributed by atoms with E-state index < -0.39 is 38.3 Å². The number of carbonyl (C=O) groups is 1. The summed E-state index contributed by atoms with van der Waals surface area (Å²) in [6.07, 6.45) is -6.42. The van der Waals surface area contributed by atoms with Gasteiger partial charge in [0.15, 0.2) is 0 Å². The summed E-state index contributed by atoms with van der Waals surface area (Å²) in [5.41, 5.74) is -0.309. The third-order valence-corrected chi connectivity index (χ3v) is 3.19. The van der Waals surface area contributed by atoms with E-state index in [0.29, 0.717) is 6.07 Å². The molecule has 0 saturated carbocycles. The average molecular weight is 320 g/mol. The van der Waals surface area contributed by atoms with E-state index in [9.17, 15) is 30.8 Å². The number of hydrogen-bond acceptors (Lipinski definition) is 3. The molecule has 1 aromatic carbocycles. The van der Waals surface area contributed by atoms with Crippen LogP contribution in [0.2, 0.25) is 0 Å². The van der Waals surface area contributed by atoms with Crippen molar-refractivity contribution in [2.24, 2.45) is 0 Å². The fourth-order valence-electron chi connectivity index (χ4n) is 1.16. The van der Waals surface area contributed by atoms with Crippen LogP contribution in [0, 0.1) is 5.82 Å². The van der Waals surface area contributed by atoms with Crippen molar-refractivity contribution in [3.8, 4) is 0 Å². The van der Waals surface area contributed by atoms with Crippen molar-refractivity contribution >= 4 is 31.3 Å². The highest BCUT2D eigenvalue weighted by atomic mass is 35.7. The highest BCUT2D eigenvalue weighted by Gasteiger charge is 2.31. The molecular weight excluding hydrogens is 314 g/mol. The summed E-state index contributed by atoms with van der Waals surface area (Å²) in [5.74, 6) is -2.67. The van der Waals surface area contributed by atoms with E-state index in [2.05, 4.69) is 0 Å². The molecule has 1 N–H and O–H groups in total. The van der Waals surface area contributed by atoms with Crippen molar-refractivity contribution in [1.82, 2.24) is 0 Å². The summed E-state index contributed by atoms with van der Waals surface area (Å²) in [6, 6.07) is 2.22. The van der Waals surface area contributed by atoms with Crippen LogP contribution in [0.5, 0.6) is 0 Å². The minimum Gasteiger partial charge on any atom is -0.326 e. The molecule has 0 spiro atoms. The summed E-state index contributed by atoms with van der Waals surface area (Å²) < 4.78 is 70.7. The lowest BCUT2D eigenvalue weighted by Crippen LogP contribution is -2.21. The van der Waals surface area contributed by atoms with Gasteiger partial charge in [0.2, 0.25) is 5.91 Å². The Morgan fingerprint density at radius 2 is 1.89 bits per heavy atom. The second-order valence-corrected chi connectivity index (χ2v) is 5.96. The Labute approximate surface area is 109 Å². The maximum absolute atomic E-state index is 13.3. The van der Waals surface area contributed by atoms with E-state index >= 15 is 0 Å². The molecule has 0 aliphatic heterocycles. The fourth-order valence-corrected chi connectivity index (χ4v) is 2.06. The highest BCUT2D eigenvalue weighted by molar-refractivity contribution is 8.13. The Morgan fingerprint density at radius 1 is 1.32 bits per heavy atom. The van der Waals surface area contributed by atoms with Gasteiger partial charge in [-0.25, -0.2) is 12.8 Å². The quantitative estimate of drug-likeness (QED) is 0.688. The number of amides is 1. The first-order chi connectivity index (χ1) is 8.49. The molecule has 0 aromatic heterocycles. The molecule has 0 fully saturated rings. The van der Waals surface area contributed by atoms with Crippen molar-refractivity contribution in [3.63, 3.8) is 0 Å². The number of alkyl halides is 3. The lowest BCUT2D eigenvalue weighted by Gasteiger charge is -2.08. The second-order valence-electron chi connectivity index (χ2n) is 3.42. The Kier molecular flexibility index (Phi) is 4.41. The van der Waals surface area contributed by atoms with Crippen LogP contribution in [-0.4, -0.2) is 20.5 Å². The SMILES string of the molecule is O=C(CC(F)(F)F)Nc1ccc(S(=O)(=O)Cl)c(F)c1. The first-order valence-electron chi connectivity index (χ1n) is 4.60. The van der Waals surface area contributed by atoms with Crippen molar-refractivity contribution in [1.29, 1.82) is 0 Å². The Hall–Kier alpha value is -1.35. The molecule has 1 rings (SSSR count). The maximum atomic E-state index is 13.3. The molecule has 0 heterocycles. The van der Waals surface area contributed by atoms with Crippen LogP contribution in [-0.2, 0) is 13.8 Å². The monoisotopic (exact) mass is 319 g/mol. The molecule has 0 radical (unpaired) electrons. The molecule has 0 bridgehead atoms. The van der Waals surface area contributed by atoms with Crippen LogP contribution in [0.4, 0.5) is 23.2 Å². The first-order valence-corrected chi connectivity index (χ1v) is 6.91. The van der Waals surface area contributed by atoms with Gasteiger partial charge in [-0.1, -0.05) is 0 Å². The zero-order chi connectivity index (χ0) is 14.8. The van der Waals surface area contributed by atoms with E-state index in [-0.39, 0.29) is 5.69 Å². The molecule has 1 amide bonds. The molecule has 4 nitrogen and oxygen atoms in total.